The second-order valence-electron chi connectivity index (χ2n) is 16.6. The first kappa shape index (κ1) is 36.8. The SMILES string of the molecule is Cc1ccc2c(c1)c1cc(C)ccc1n2-c1c(-n2c3cccnc3c3ncccc32)cc(-c2cc(-c3ccccc3)nc(-c3ccccc3)n2)cc1-n1c2cccnc2c2ncccc21. The highest BCUT2D eigenvalue weighted by Crippen LogP contribution is 2.44. The zero-order valence-electron chi connectivity index (χ0n) is 35.4. The van der Waals surface area contributed by atoms with Crippen molar-refractivity contribution >= 4 is 65.9 Å². The standard InChI is InChI=1S/C56H37N9/c1-34-21-23-43-39(29-34)40-30-35(2)22-24-44(40)65(43)55-49(63-45-17-9-25-57-51(45)52-46(63)18-10-26-58-52)31-38(32-50(55)64-47-19-11-27-59-53(47)54-48(64)20-12-28-60-54)42-33-41(36-13-5-3-6-14-36)61-56(62-42)37-15-7-4-8-16-37/h3-33H,1-2H3. The summed E-state index contributed by atoms with van der Waals surface area (Å²) in [4.78, 5) is 30.4. The van der Waals surface area contributed by atoms with Gasteiger partial charge in [-0.1, -0.05) is 83.9 Å². The van der Waals surface area contributed by atoms with Crippen LogP contribution in [0.4, 0.5) is 0 Å². The number of aryl methyl sites for hydroxylation is 2. The molecule has 0 saturated heterocycles. The molecule has 5 aromatic carbocycles. The van der Waals surface area contributed by atoms with Gasteiger partial charge in [-0.2, -0.15) is 0 Å². The van der Waals surface area contributed by atoms with Gasteiger partial charge in [-0.05, 0) is 105 Å². The summed E-state index contributed by atoms with van der Waals surface area (Å²) < 4.78 is 7.10. The van der Waals surface area contributed by atoms with Gasteiger partial charge < -0.3 is 13.7 Å². The zero-order valence-corrected chi connectivity index (χ0v) is 35.4. The second-order valence-corrected chi connectivity index (χ2v) is 16.6. The lowest BCUT2D eigenvalue weighted by atomic mass is 10.0. The van der Waals surface area contributed by atoms with Crippen LogP contribution in [0.2, 0.25) is 0 Å². The molecule has 65 heavy (non-hydrogen) atoms. The number of hydrogen-bond acceptors (Lipinski definition) is 6. The van der Waals surface area contributed by atoms with Crippen LogP contribution >= 0.6 is 0 Å². The van der Waals surface area contributed by atoms with Crippen molar-refractivity contribution in [3.63, 3.8) is 0 Å². The van der Waals surface area contributed by atoms with Gasteiger partial charge >= 0.3 is 0 Å². The van der Waals surface area contributed by atoms with E-state index < -0.39 is 0 Å². The fourth-order valence-electron chi connectivity index (χ4n) is 9.70. The van der Waals surface area contributed by atoms with Crippen LogP contribution in [0.1, 0.15) is 11.1 Å². The number of hydrogen-bond donors (Lipinski definition) is 0. The Morgan fingerprint density at radius 1 is 0.338 bits per heavy atom. The minimum Gasteiger partial charge on any atom is -0.305 e. The number of fused-ring (bicyclic) bond motifs is 9. The molecule has 0 unspecified atom stereocenters. The van der Waals surface area contributed by atoms with Crippen molar-refractivity contribution in [2.75, 3.05) is 0 Å². The van der Waals surface area contributed by atoms with Crippen LogP contribution in [0.5, 0.6) is 0 Å². The summed E-state index contributed by atoms with van der Waals surface area (Å²) in [5.74, 6) is 0.637. The van der Waals surface area contributed by atoms with Crippen LogP contribution in [0, 0.1) is 13.8 Å². The maximum atomic E-state index is 5.42. The van der Waals surface area contributed by atoms with Gasteiger partial charge in [0.15, 0.2) is 5.82 Å². The minimum atomic E-state index is 0.637. The average Bonchev–Trinajstić information content (AvgIpc) is 3.99. The van der Waals surface area contributed by atoms with E-state index in [1.165, 1.54) is 21.9 Å². The van der Waals surface area contributed by atoms with Crippen molar-refractivity contribution in [3.05, 3.63) is 200 Å². The Bertz CT molecular complexity index is 3670. The first-order valence-electron chi connectivity index (χ1n) is 21.7. The molecule has 0 N–H and O–H groups in total. The Morgan fingerprint density at radius 3 is 1.20 bits per heavy atom. The van der Waals surface area contributed by atoms with Crippen molar-refractivity contribution in [1.82, 2.24) is 43.6 Å². The van der Waals surface area contributed by atoms with Crippen LogP contribution in [0.15, 0.2) is 189 Å². The largest absolute Gasteiger partial charge is 0.305 e. The van der Waals surface area contributed by atoms with Gasteiger partial charge in [0.05, 0.1) is 61.6 Å². The van der Waals surface area contributed by atoms with Crippen molar-refractivity contribution in [3.8, 4) is 51.0 Å². The summed E-state index contributed by atoms with van der Waals surface area (Å²) in [5, 5.41) is 2.35. The molecule has 9 nitrogen and oxygen atoms in total. The van der Waals surface area contributed by atoms with Gasteiger partial charge in [0, 0.05) is 52.3 Å². The van der Waals surface area contributed by atoms with Gasteiger partial charge in [-0.25, -0.2) is 9.97 Å². The third kappa shape index (κ3) is 5.72. The molecular weight excluding hydrogens is 799 g/mol. The third-order valence-electron chi connectivity index (χ3n) is 12.5. The maximum absolute atomic E-state index is 5.42. The number of aromatic nitrogens is 9. The molecule has 0 amide bonds. The van der Waals surface area contributed by atoms with E-state index >= 15 is 0 Å². The van der Waals surface area contributed by atoms with Gasteiger partial charge in [-0.15, -0.1) is 0 Å². The Balaban J connectivity index is 1.27. The summed E-state index contributed by atoms with van der Waals surface area (Å²) in [5.41, 5.74) is 18.8. The fourth-order valence-corrected chi connectivity index (χ4v) is 9.70. The molecule has 0 fully saturated rings. The van der Waals surface area contributed by atoms with Crippen molar-refractivity contribution < 1.29 is 0 Å². The van der Waals surface area contributed by atoms with E-state index in [0.717, 1.165) is 100 Å². The summed E-state index contributed by atoms with van der Waals surface area (Å²) in [7, 11) is 0. The Labute approximate surface area is 372 Å². The van der Waals surface area contributed by atoms with Crippen molar-refractivity contribution in [1.29, 1.82) is 0 Å². The molecule has 306 valence electrons. The third-order valence-corrected chi connectivity index (χ3v) is 12.5. The van der Waals surface area contributed by atoms with Crippen LogP contribution in [0.25, 0.3) is 117 Å². The van der Waals surface area contributed by atoms with Gasteiger partial charge in [0.2, 0.25) is 0 Å². The minimum absolute atomic E-state index is 0.637. The summed E-state index contributed by atoms with van der Waals surface area (Å²) in [6.07, 6.45) is 7.37. The predicted octanol–water partition coefficient (Wildman–Crippen LogP) is 13.0. The van der Waals surface area contributed by atoms with E-state index in [-0.39, 0.29) is 0 Å². The first-order chi connectivity index (χ1) is 32.1. The van der Waals surface area contributed by atoms with E-state index in [0.29, 0.717) is 5.82 Å². The number of pyridine rings is 4. The van der Waals surface area contributed by atoms with Crippen molar-refractivity contribution in [2.45, 2.75) is 13.8 Å². The molecule has 0 bridgehead atoms. The lowest BCUT2D eigenvalue weighted by Crippen LogP contribution is -2.10. The average molecular weight is 836 g/mol. The molecule has 0 aliphatic rings. The molecule has 8 aromatic heterocycles. The predicted molar refractivity (Wildman–Crippen MR) is 262 cm³/mol. The molecule has 9 heteroatoms. The van der Waals surface area contributed by atoms with Gasteiger partial charge in [0.1, 0.15) is 22.1 Å². The second kappa shape index (κ2) is 14.4. The smallest absolute Gasteiger partial charge is 0.160 e. The van der Waals surface area contributed by atoms with E-state index in [1.54, 1.807) is 0 Å². The molecule has 0 radical (unpaired) electrons. The monoisotopic (exact) mass is 835 g/mol. The van der Waals surface area contributed by atoms with Gasteiger partial charge in [-0.3, -0.25) is 19.9 Å². The van der Waals surface area contributed by atoms with E-state index in [2.05, 4.69) is 131 Å². The molecule has 0 aliphatic carbocycles. The highest BCUT2D eigenvalue weighted by Gasteiger charge is 2.27. The maximum Gasteiger partial charge on any atom is 0.160 e. The molecular formula is C56H37N9. The van der Waals surface area contributed by atoms with Crippen LogP contribution < -0.4 is 0 Å². The lowest BCUT2D eigenvalue weighted by molar-refractivity contribution is 1.05. The normalized spacial score (nSPS) is 11.8. The van der Waals surface area contributed by atoms with Gasteiger partial charge in [0.25, 0.3) is 0 Å². The summed E-state index contributed by atoms with van der Waals surface area (Å²) >= 11 is 0. The number of nitrogens with zero attached hydrogens (tertiary/aromatic N) is 9. The van der Waals surface area contributed by atoms with E-state index in [9.17, 15) is 0 Å². The molecule has 13 aromatic rings. The number of rotatable bonds is 6. The fraction of sp³-hybridized carbons (Fsp3) is 0.0357. The number of benzene rings is 5. The Kier molecular flexibility index (Phi) is 8.13. The van der Waals surface area contributed by atoms with Crippen LogP contribution in [-0.4, -0.2) is 43.6 Å². The molecule has 13 rings (SSSR count). The Morgan fingerprint density at radius 2 is 0.754 bits per heavy atom. The summed E-state index contributed by atoms with van der Waals surface area (Å²) in [6.45, 7) is 4.32. The molecule has 0 spiro atoms. The first-order valence-corrected chi connectivity index (χ1v) is 21.7. The topological polar surface area (TPSA) is 92.1 Å². The van der Waals surface area contributed by atoms with E-state index in [4.69, 9.17) is 29.9 Å². The molecule has 8 heterocycles. The summed E-state index contributed by atoms with van der Waals surface area (Å²) in [6, 6.07) is 57.3. The van der Waals surface area contributed by atoms with Crippen molar-refractivity contribution in [2.24, 2.45) is 0 Å². The molecule has 0 saturated carbocycles. The highest BCUT2D eigenvalue weighted by molar-refractivity contribution is 6.12. The van der Waals surface area contributed by atoms with Crippen LogP contribution in [-0.2, 0) is 0 Å². The highest BCUT2D eigenvalue weighted by atomic mass is 15.1. The molecule has 0 aliphatic heterocycles. The zero-order chi connectivity index (χ0) is 43.2. The quantitative estimate of drug-likeness (QED) is 0.166. The Hall–Kier alpha value is -8.82. The molecule has 0 atom stereocenters. The lowest BCUT2D eigenvalue weighted by Gasteiger charge is -2.23. The van der Waals surface area contributed by atoms with Crippen LogP contribution in [0.3, 0.4) is 0 Å². The van der Waals surface area contributed by atoms with E-state index in [1.807, 2.05) is 85.5 Å².